The number of aliphatic hydroxyl groups is 1. The molecule has 2 saturated heterocycles. The minimum absolute atomic E-state index is 0.154. The molecule has 0 radical (unpaired) electrons. The Morgan fingerprint density at radius 3 is 2.88 bits per heavy atom. The van der Waals surface area contributed by atoms with E-state index < -0.39 is 5.79 Å². The number of aliphatic hydroxyl groups excluding tert-OH is 1. The third kappa shape index (κ3) is 1.19. The lowest BCUT2D eigenvalue weighted by Crippen LogP contribution is -2.55. The van der Waals surface area contributed by atoms with Crippen molar-refractivity contribution in [3.8, 4) is 0 Å². The van der Waals surface area contributed by atoms with Gasteiger partial charge in [0.15, 0.2) is 5.79 Å². The van der Waals surface area contributed by atoms with Crippen LogP contribution in [0.25, 0.3) is 0 Å². The highest BCUT2D eigenvalue weighted by Crippen LogP contribution is 2.52. The summed E-state index contributed by atoms with van der Waals surface area (Å²) in [6.07, 6.45) is 1.60. The second-order valence-electron chi connectivity index (χ2n) is 5.39. The number of ether oxygens (including phenoxy) is 2. The highest BCUT2D eigenvalue weighted by molar-refractivity contribution is 5.12. The monoisotopic (exact) mass is 227 g/mol. The quantitative estimate of drug-likeness (QED) is 0.750. The van der Waals surface area contributed by atoms with Gasteiger partial charge in [-0.1, -0.05) is 6.92 Å². The molecule has 2 aliphatic heterocycles. The Balaban J connectivity index is 2.00. The Morgan fingerprint density at radius 1 is 1.50 bits per heavy atom. The van der Waals surface area contributed by atoms with Gasteiger partial charge in [0.1, 0.15) is 0 Å². The summed E-state index contributed by atoms with van der Waals surface area (Å²) in [4.78, 5) is 2.41. The van der Waals surface area contributed by atoms with Crippen LogP contribution in [0, 0.1) is 5.92 Å². The Labute approximate surface area is 96.5 Å². The highest BCUT2D eigenvalue weighted by atomic mass is 16.7. The van der Waals surface area contributed by atoms with E-state index in [2.05, 4.69) is 18.7 Å². The first-order valence-electron chi connectivity index (χ1n) is 6.28. The summed E-state index contributed by atoms with van der Waals surface area (Å²) < 4.78 is 11.7. The SMILES string of the molecule is CCN1C2CC3(OC)CC(C2O)C1C(C)O3. The number of likely N-dealkylation sites (tertiary alicyclic amines) is 1. The first-order valence-corrected chi connectivity index (χ1v) is 6.28. The third-order valence-corrected chi connectivity index (χ3v) is 4.77. The van der Waals surface area contributed by atoms with Gasteiger partial charge in [-0.15, -0.1) is 0 Å². The van der Waals surface area contributed by atoms with E-state index in [1.165, 1.54) is 0 Å². The lowest BCUT2D eigenvalue weighted by Gasteiger charge is -2.47. The van der Waals surface area contributed by atoms with E-state index in [4.69, 9.17) is 9.47 Å². The fourth-order valence-electron chi connectivity index (χ4n) is 4.17. The normalized spacial score (nSPS) is 55.9. The van der Waals surface area contributed by atoms with Crippen molar-refractivity contribution < 1.29 is 14.6 Å². The molecule has 3 fully saturated rings. The molecule has 6 atom stereocenters. The van der Waals surface area contributed by atoms with Crippen molar-refractivity contribution in [1.29, 1.82) is 0 Å². The molecule has 0 aromatic carbocycles. The number of fused-ring (bicyclic) bond motifs is 2. The Bertz CT molecular complexity index is 296. The van der Waals surface area contributed by atoms with Gasteiger partial charge in [-0.25, -0.2) is 0 Å². The Kier molecular flexibility index (Phi) is 2.34. The number of methoxy groups -OCH3 is 1. The number of rotatable bonds is 2. The maximum absolute atomic E-state index is 10.3. The van der Waals surface area contributed by atoms with Gasteiger partial charge in [0.2, 0.25) is 0 Å². The molecule has 0 amide bonds. The second kappa shape index (κ2) is 3.42. The highest BCUT2D eigenvalue weighted by Gasteiger charge is 2.63. The lowest BCUT2D eigenvalue weighted by molar-refractivity contribution is -0.292. The molecular formula is C12H21NO3. The zero-order chi connectivity index (χ0) is 11.5. The molecule has 3 rings (SSSR count). The van der Waals surface area contributed by atoms with Crippen LogP contribution in [-0.4, -0.2) is 53.7 Å². The number of hydrogen-bond donors (Lipinski definition) is 1. The van der Waals surface area contributed by atoms with Crippen LogP contribution in [-0.2, 0) is 9.47 Å². The first kappa shape index (κ1) is 11.0. The molecule has 3 bridgehead atoms. The van der Waals surface area contributed by atoms with Crippen molar-refractivity contribution >= 4 is 0 Å². The molecule has 4 nitrogen and oxygen atoms in total. The zero-order valence-corrected chi connectivity index (χ0v) is 10.2. The molecule has 92 valence electrons. The molecule has 16 heavy (non-hydrogen) atoms. The van der Waals surface area contributed by atoms with Crippen molar-refractivity contribution in [2.45, 2.75) is 56.8 Å². The van der Waals surface area contributed by atoms with Crippen LogP contribution in [0.5, 0.6) is 0 Å². The van der Waals surface area contributed by atoms with E-state index in [0.717, 1.165) is 19.4 Å². The Hall–Kier alpha value is -0.160. The summed E-state index contributed by atoms with van der Waals surface area (Å²) in [5.74, 6) is -0.114. The Morgan fingerprint density at radius 2 is 2.25 bits per heavy atom. The molecule has 1 saturated carbocycles. The third-order valence-electron chi connectivity index (χ3n) is 4.77. The molecule has 0 aromatic rings. The van der Waals surface area contributed by atoms with E-state index >= 15 is 0 Å². The fourth-order valence-corrected chi connectivity index (χ4v) is 4.17. The maximum Gasteiger partial charge on any atom is 0.170 e. The van der Waals surface area contributed by atoms with Crippen LogP contribution in [0.2, 0.25) is 0 Å². The molecule has 1 aliphatic carbocycles. The van der Waals surface area contributed by atoms with Crippen LogP contribution >= 0.6 is 0 Å². The zero-order valence-electron chi connectivity index (χ0n) is 10.2. The van der Waals surface area contributed by atoms with Crippen molar-refractivity contribution in [2.24, 2.45) is 5.92 Å². The van der Waals surface area contributed by atoms with Crippen LogP contribution in [0.15, 0.2) is 0 Å². The molecule has 4 heteroatoms. The van der Waals surface area contributed by atoms with Crippen LogP contribution in [0.4, 0.5) is 0 Å². The van der Waals surface area contributed by atoms with Crippen molar-refractivity contribution in [2.75, 3.05) is 13.7 Å². The van der Waals surface area contributed by atoms with Gasteiger partial charge in [-0.05, 0) is 13.5 Å². The number of hydrogen-bond acceptors (Lipinski definition) is 4. The summed E-state index contributed by atoms with van der Waals surface area (Å²) >= 11 is 0. The maximum atomic E-state index is 10.3. The molecule has 6 unspecified atom stereocenters. The van der Waals surface area contributed by atoms with Gasteiger partial charge in [0.25, 0.3) is 0 Å². The molecule has 0 aromatic heterocycles. The van der Waals surface area contributed by atoms with E-state index in [1.807, 2.05) is 0 Å². The predicted octanol–water partition coefficient (Wildman–Crippen LogP) is 0.591. The fraction of sp³-hybridized carbons (Fsp3) is 1.00. The second-order valence-corrected chi connectivity index (χ2v) is 5.39. The first-order chi connectivity index (χ1) is 7.62. The molecular weight excluding hydrogens is 206 g/mol. The lowest BCUT2D eigenvalue weighted by atomic mass is 9.77. The van der Waals surface area contributed by atoms with Crippen LogP contribution in [0.1, 0.15) is 26.7 Å². The van der Waals surface area contributed by atoms with Gasteiger partial charge in [0.05, 0.1) is 12.2 Å². The summed E-state index contributed by atoms with van der Waals surface area (Å²) in [5, 5.41) is 10.3. The molecule has 3 aliphatic rings. The summed E-state index contributed by atoms with van der Waals surface area (Å²) in [7, 11) is 1.72. The van der Waals surface area contributed by atoms with E-state index in [1.54, 1.807) is 7.11 Å². The topological polar surface area (TPSA) is 41.9 Å². The number of nitrogens with zero attached hydrogens (tertiary/aromatic N) is 1. The van der Waals surface area contributed by atoms with E-state index in [9.17, 15) is 5.11 Å². The van der Waals surface area contributed by atoms with Crippen molar-refractivity contribution in [3.63, 3.8) is 0 Å². The summed E-state index contributed by atoms with van der Waals surface area (Å²) in [5.41, 5.74) is 0. The van der Waals surface area contributed by atoms with Crippen molar-refractivity contribution in [1.82, 2.24) is 4.90 Å². The van der Waals surface area contributed by atoms with Gasteiger partial charge in [0, 0.05) is 38.0 Å². The average molecular weight is 227 g/mol. The van der Waals surface area contributed by atoms with Gasteiger partial charge in [-0.2, -0.15) is 0 Å². The van der Waals surface area contributed by atoms with Crippen LogP contribution in [0.3, 0.4) is 0 Å². The van der Waals surface area contributed by atoms with Gasteiger partial charge < -0.3 is 14.6 Å². The van der Waals surface area contributed by atoms with E-state index in [-0.39, 0.29) is 18.2 Å². The smallest absolute Gasteiger partial charge is 0.170 e. The van der Waals surface area contributed by atoms with Crippen LogP contribution < -0.4 is 0 Å². The van der Waals surface area contributed by atoms with Gasteiger partial charge in [-0.3, -0.25) is 4.90 Å². The van der Waals surface area contributed by atoms with Gasteiger partial charge >= 0.3 is 0 Å². The molecule has 1 N–H and O–H groups in total. The minimum atomic E-state index is -0.436. The average Bonchev–Trinajstić information content (AvgIpc) is 2.43. The summed E-state index contributed by atoms with van der Waals surface area (Å²) in [6, 6.07) is 0.592. The standard InChI is InChI=1S/C12H21NO3/c1-4-13-9-6-12(15-3)5-8(11(9)14)10(13)7(2)16-12/h7-11,14H,4-6H2,1-3H3. The largest absolute Gasteiger partial charge is 0.391 e. The summed E-state index contributed by atoms with van der Waals surface area (Å²) in [6.45, 7) is 5.25. The van der Waals surface area contributed by atoms with E-state index in [0.29, 0.717) is 12.0 Å². The molecule has 0 spiro atoms. The number of likely N-dealkylation sites (N-methyl/N-ethyl adjacent to an activating group) is 1. The van der Waals surface area contributed by atoms with Crippen molar-refractivity contribution in [3.05, 3.63) is 0 Å². The predicted molar refractivity (Wildman–Crippen MR) is 59.0 cm³/mol. The molecule has 2 heterocycles. The minimum Gasteiger partial charge on any atom is -0.391 e.